The molecular formula is C23H13Cl3F4N2O2. The first kappa shape index (κ1) is 24.3. The number of nitrogens with one attached hydrogen (secondary N) is 1. The van der Waals surface area contributed by atoms with E-state index in [2.05, 4.69) is 5.32 Å². The number of carbonyl (C=O) groups is 2. The summed E-state index contributed by atoms with van der Waals surface area (Å²) >= 11 is 18.6. The van der Waals surface area contributed by atoms with Crippen molar-refractivity contribution in [2.75, 3.05) is 5.32 Å². The first-order chi connectivity index (χ1) is 15.9. The molecule has 0 heterocycles. The Kier molecular flexibility index (Phi) is 6.04. The molecule has 2 atom stereocenters. The minimum atomic E-state index is -2.13. The molecular weight excluding hydrogens is 519 g/mol. The number of halogens is 7. The van der Waals surface area contributed by atoms with Crippen molar-refractivity contribution in [3.8, 4) is 0 Å². The Morgan fingerprint density at radius 3 is 2.12 bits per heavy atom. The number of amides is 2. The summed E-state index contributed by atoms with van der Waals surface area (Å²) in [5, 5.41) is 1.95. The topological polar surface area (TPSA) is 72.2 Å². The van der Waals surface area contributed by atoms with Crippen LogP contribution in [0.4, 0.5) is 23.2 Å². The fourth-order valence-electron chi connectivity index (χ4n) is 4.12. The average molecular weight is 532 g/mol. The molecule has 1 aliphatic rings. The van der Waals surface area contributed by atoms with Gasteiger partial charge in [-0.3, -0.25) is 9.59 Å². The normalized spacial score (nSPS) is 20.6. The van der Waals surface area contributed by atoms with E-state index in [0.29, 0.717) is 0 Å². The molecule has 0 spiro atoms. The fraction of sp³-hybridized carbons (Fsp3) is 0.130. The van der Waals surface area contributed by atoms with E-state index in [1.807, 2.05) is 0 Å². The van der Waals surface area contributed by atoms with Crippen molar-refractivity contribution in [1.29, 1.82) is 0 Å². The van der Waals surface area contributed by atoms with Gasteiger partial charge in [0.05, 0.1) is 5.02 Å². The van der Waals surface area contributed by atoms with Crippen molar-refractivity contribution in [3.05, 3.63) is 99.6 Å². The highest BCUT2D eigenvalue weighted by molar-refractivity contribution is 6.55. The third kappa shape index (κ3) is 3.61. The predicted molar refractivity (Wildman–Crippen MR) is 120 cm³/mol. The van der Waals surface area contributed by atoms with Gasteiger partial charge in [0.1, 0.15) is 38.6 Å². The lowest BCUT2D eigenvalue weighted by molar-refractivity contribution is -0.120. The molecule has 0 radical (unpaired) electrons. The number of hydrogen-bond donors (Lipinski definition) is 2. The number of primary amides is 1. The molecule has 3 N–H and O–H groups in total. The second-order valence-corrected chi connectivity index (χ2v) is 9.44. The molecule has 4 nitrogen and oxygen atoms in total. The molecule has 11 heteroatoms. The second kappa shape index (κ2) is 8.45. The van der Waals surface area contributed by atoms with Gasteiger partial charge in [-0.2, -0.15) is 0 Å². The highest BCUT2D eigenvalue weighted by Gasteiger charge is 2.81. The lowest BCUT2D eigenvalue weighted by Crippen LogP contribution is -2.35. The molecule has 4 rings (SSSR count). The Labute approximate surface area is 205 Å². The molecule has 1 aliphatic carbocycles. The van der Waals surface area contributed by atoms with E-state index < -0.39 is 61.9 Å². The summed E-state index contributed by atoms with van der Waals surface area (Å²) < 4.78 is 54.9. The van der Waals surface area contributed by atoms with Crippen molar-refractivity contribution in [2.45, 2.75) is 15.7 Å². The molecule has 1 fully saturated rings. The van der Waals surface area contributed by atoms with Crippen LogP contribution < -0.4 is 11.1 Å². The van der Waals surface area contributed by atoms with E-state index in [0.717, 1.165) is 36.4 Å². The number of anilines is 1. The zero-order valence-corrected chi connectivity index (χ0v) is 19.1. The largest absolute Gasteiger partial charge is 0.369 e. The van der Waals surface area contributed by atoms with Crippen LogP contribution in [0, 0.1) is 23.3 Å². The zero-order valence-electron chi connectivity index (χ0n) is 16.8. The maximum atomic E-state index is 15.7. The highest BCUT2D eigenvalue weighted by Crippen LogP contribution is 2.74. The second-order valence-electron chi connectivity index (χ2n) is 7.65. The zero-order chi connectivity index (χ0) is 25.0. The Bertz CT molecular complexity index is 1330. The fourth-order valence-corrected chi connectivity index (χ4v) is 5.39. The molecule has 3 aromatic carbocycles. The smallest absolute Gasteiger partial charge is 0.261 e. The molecule has 3 aromatic rings. The Hall–Kier alpha value is -2.81. The summed E-state index contributed by atoms with van der Waals surface area (Å²) in [4.78, 5) is 25.3. The van der Waals surface area contributed by atoms with Gasteiger partial charge in [0, 0.05) is 17.2 Å². The van der Waals surface area contributed by atoms with Crippen molar-refractivity contribution in [1.82, 2.24) is 0 Å². The predicted octanol–water partition coefficient (Wildman–Crippen LogP) is 5.84. The Balaban J connectivity index is 1.82. The van der Waals surface area contributed by atoms with Gasteiger partial charge in [-0.25, -0.2) is 17.6 Å². The number of carbonyl (C=O) groups excluding carboxylic acids is 2. The van der Waals surface area contributed by atoms with Crippen LogP contribution in [0.1, 0.15) is 27.4 Å². The summed E-state index contributed by atoms with van der Waals surface area (Å²) in [6.45, 7) is 0. The van der Waals surface area contributed by atoms with Crippen molar-refractivity contribution in [2.24, 2.45) is 5.73 Å². The monoisotopic (exact) mass is 530 g/mol. The van der Waals surface area contributed by atoms with Crippen molar-refractivity contribution >= 4 is 52.3 Å². The number of nitrogens with two attached hydrogens (primary N) is 1. The maximum Gasteiger partial charge on any atom is 0.261 e. The SMILES string of the molecule is NC(=O)C1(c2ccc(F)c(C(=O)Nc3ccc(F)cc3)c2F)C(c2ccc(F)c(Cl)c2)C1(Cl)Cl. The summed E-state index contributed by atoms with van der Waals surface area (Å²) in [7, 11) is 0. The minimum Gasteiger partial charge on any atom is -0.369 e. The van der Waals surface area contributed by atoms with Gasteiger partial charge in [-0.05, 0) is 48.0 Å². The number of alkyl halides is 2. The van der Waals surface area contributed by atoms with Gasteiger partial charge < -0.3 is 11.1 Å². The molecule has 0 saturated heterocycles. The van der Waals surface area contributed by atoms with Crippen LogP contribution in [0.15, 0.2) is 54.6 Å². The Morgan fingerprint density at radius 2 is 1.53 bits per heavy atom. The molecule has 176 valence electrons. The highest BCUT2D eigenvalue weighted by atomic mass is 35.5. The van der Waals surface area contributed by atoms with Gasteiger partial charge in [0.2, 0.25) is 5.91 Å². The van der Waals surface area contributed by atoms with E-state index in [1.54, 1.807) is 0 Å². The van der Waals surface area contributed by atoms with Crippen molar-refractivity contribution < 1.29 is 27.2 Å². The quantitative estimate of drug-likeness (QED) is 0.321. The van der Waals surface area contributed by atoms with Crippen LogP contribution in [0.25, 0.3) is 0 Å². The van der Waals surface area contributed by atoms with E-state index in [1.165, 1.54) is 18.2 Å². The third-order valence-electron chi connectivity index (χ3n) is 5.75. The van der Waals surface area contributed by atoms with Gasteiger partial charge in [-0.15, -0.1) is 0 Å². The Morgan fingerprint density at radius 1 is 0.912 bits per heavy atom. The van der Waals surface area contributed by atoms with Crippen LogP contribution in [0.5, 0.6) is 0 Å². The van der Waals surface area contributed by atoms with E-state index in [4.69, 9.17) is 40.5 Å². The summed E-state index contributed by atoms with van der Waals surface area (Å²) in [5.41, 5.74) is 2.15. The first-order valence-electron chi connectivity index (χ1n) is 9.61. The molecule has 2 unspecified atom stereocenters. The van der Waals surface area contributed by atoms with E-state index in [9.17, 15) is 22.8 Å². The third-order valence-corrected chi connectivity index (χ3v) is 7.07. The van der Waals surface area contributed by atoms with Gasteiger partial charge in [0.15, 0.2) is 0 Å². The van der Waals surface area contributed by atoms with E-state index >= 15 is 4.39 Å². The molecule has 2 amide bonds. The summed E-state index contributed by atoms with van der Waals surface area (Å²) in [5.74, 6) is -7.54. The van der Waals surface area contributed by atoms with Gasteiger partial charge in [0.25, 0.3) is 5.91 Å². The van der Waals surface area contributed by atoms with Gasteiger partial charge in [-0.1, -0.05) is 46.9 Å². The van der Waals surface area contributed by atoms with Crippen molar-refractivity contribution in [3.63, 3.8) is 0 Å². The van der Waals surface area contributed by atoms with Crippen LogP contribution in [-0.2, 0) is 10.2 Å². The number of hydrogen-bond acceptors (Lipinski definition) is 2. The average Bonchev–Trinajstić information content (AvgIpc) is 3.28. The molecule has 0 aromatic heterocycles. The molecule has 34 heavy (non-hydrogen) atoms. The van der Waals surface area contributed by atoms with E-state index in [-0.39, 0.29) is 16.3 Å². The van der Waals surface area contributed by atoms with Crippen LogP contribution in [-0.4, -0.2) is 16.1 Å². The van der Waals surface area contributed by atoms with Crippen LogP contribution in [0.2, 0.25) is 5.02 Å². The van der Waals surface area contributed by atoms with Crippen LogP contribution in [0.3, 0.4) is 0 Å². The standard InChI is InChI=1S/C23H13Cl3F4N2O2/c24-14-9-10(1-7-15(14)28)19-22(21(31)34,23(19,25)26)13-6-8-16(29)17(18(13)30)20(33)32-12-4-2-11(27)3-5-12/h1-9,19H,(H2,31,34)(H,32,33). The number of rotatable bonds is 5. The van der Waals surface area contributed by atoms with Crippen LogP contribution >= 0.6 is 34.8 Å². The summed E-state index contributed by atoms with van der Waals surface area (Å²) in [6, 6.07) is 9.56. The minimum absolute atomic E-state index is 0.0644. The molecule has 1 saturated carbocycles. The first-order valence-corrected chi connectivity index (χ1v) is 10.7. The number of benzene rings is 3. The lowest BCUT2D eigenvalue weighted by atomic mass is 9.88. The molecule has 0 aliphatic heterocycles. The lowest BCUT2D eigenvalue weighted by Gasteiger charge is -2.18. The van der Waals surface area contributed by atoms with Gasteiger partial charge >= 0.3 is 0 Å². The molecule has 0 bridgehead atoms. The summed E-state index contributed by atoms with van der Waals surface area (Å²) in [6.07, 6.45) is 0. The maximum absolute atomic E-state index is 15.7.